The molecule has 106 valence electrons. The molecule has 0 spiro atoms. The molecular formula is C13H13F2N3O2. The fraction of sp³-hybridized carbons (Fsp3) is 0.231. The Labute approximate surface area is 113 Å². The predicted molar refractivity (Wildman–Crippen MR) is 68.7 cm³/mol. The van der Waals surface area contributed by atoms with E-state index in [1.807, 2.05) is 11.6 Å². The van der Waals surface area contributed by atoms with E-state index in [1.165, 1.54) is 6.07 Å². The number of aromatic carboxylic acids is 1. The SMILES string of the molecule is Cn1ccnc1CCNc1ccc(C(=O)O)c(F)c1F. The second-order valence-electron chi connectivity index (χ2n) is 4.22. The van der Waals surface area contributed by atoms with Crippen LogP contribution in [-0.2, 0) is 13.5 Å². The van der Waals surface area contributed by atoms with Gasteiger partial charge in [-0.15, -0.1) is 0 Å². The number of nitrogens with zero attached hydrogens (tertiary/aromatic N) is 2. The van der Waals surface area contributed by atoms with Gasteiger partial charge in [-0.3, -0.25) is 0 Å². The second-order valence-corrected chi connectivity index (χ2v) is 4.22. The normalized spacial score (nSPS) is 10.6. The number of hydrogen-bond donors (Lipinski definition) is 2. The molecule has 0 saturated carbocycles. The smallest absolute Gasteiger partial charge is 0.338 e. The highest BCUT2D eigenvalue weighted by molar-refractivity contribution is 5.88. The Morgan fingerprint density at radius 3 is 2.75 bits per heavy atom. The zero-order chi connectivity index (χ0) is 14.7. The number of carboxylic acid groups (broad SMARTS) is 1. The summed E-state index contributed by atoms with van der Waals surface area (Å²) in [5.74, 6) is -3.24. The third kappa shape index (κ3) is 2.76. The molecule has 0 radical (unpaired) electrons. The summed E-state index contributed by atoms with van der Waals surface area (Å²) in [7, 11) is 1.84. The van der Waals surface area contributed by atoms with Gasteiger partial charge in [0.1, 0.15) is 5.82 Å². The third-order valence-corrected chi connectivity index (χ3v) is 2.90. The average Bonchev–Trinajstić information content (AvgIpc) is 2.80. The maximum absolute atomic E-state index is 13.6. The van der Waals surface area contributed by atoms with Gasteiger partial charge in [-0.1, -0.05) is 0 Å². The number of hydrogen-bond acceptors (Lipinski definition) is 3. The van der Waals surface area contributed by atoms with Crippen molar-refractivity contribution < 1.29 is 18.7 Å². The molecule has 1 heterocycles. The number of benzene rings is 1. The molecule has 0 bridgehead atoms. The third-order valence-electron chi connectivity index (χ3n) is 2.90. The largest absolute Gasteiger partial charge is 0.478 e. The van der Waals surface area contributed by atoms with Crippen LogP contribution in [0.15, 0.2) is 24.5 Å². The monoisotopic (exact) mass is 281 g/mol. The van der Waals surface area contributed by atoms with E-state index in [1.54, 1.807) is 12.4 Å². The van der Waals surface area contributed by atoms with Gasteiger partial charge < -0.3 is 15.0 Å². The lowest BCUT2D eigenvalue weighted by atomic mass is 10.2. The van der Waals surface area contributed by atoms with Crippen molar-refractivity contribution in [3.05, 3.63) is 47.5 Å². The van der Waals surface area contributed by atoms with Crippen molar-refractivity contribution >= 4 is 11.7 Å². The number of imidazole rings is 1. The fourth-order valence-corrected chi connectivity index (χ4v) is 1.80. The Morgan fingerprint density at radius 2 is 2.15 bits per heavy atom. The topological polar surface area (TPSA) is 67.2 Å². The summed E-state index contributed by atoms with van der Waals surface area (Å²) >= 11 is 0. The second kappa shape index (κ2) is 5.68. The molecule has 5 nitrogen and oxygen atoms in total. The van der Waals surface area contributed by atoms with Gasteiger partial charge in [-0.05, 0) is 12.1 Å². The number of rotatable bonds is 5. The predicted octanol–water partition coefficient (Wildman–Crippen LogP) is 2.05. The van der Waals surface area contributed by atoms with E-state index < -0.39 is 23.2 Å². The molecule has 1 aromatic carbocycles. The van der Waals surface area contributed by atoms with Gasteiger partial charge in [0.25, 0.3) is 0 Å². The summed E-state index contributed by atoms with van der Waals surface area (Å²) in [5.41, 5.74) is -0.751. The first-order chi connectivity index (χ1) is 9.50. The number of nitrogens with one attached hydrogen (secondary N) is 1. The van der Waals surface area contributed by atoms with E-state index in [-0.39, 0.29) is 5.69 Å². The zero-order valence-electron chi connectivity index (χ0n) is 10.7. The molecule has 2 N–H and O–H groups in total. The molecule has 0 atom stereocenters. The van der Waals surface area contributed by atoms with Crippen molar-refractivity contribution in [1.29, 1.82) is 0 Å². The molecule has 1 aromatic heterocycles. The standard InChI is InChI=1S/C13H13F2N3O2/c1-18-7-6-17-10(18)4-5-16-9-3-2-8(13(19)20)11(14)12(9)15/h2-3,6-7,16H,4-5H2,1H3,(H,19,20). The van der Waals surface area contributed by atoms with Crippen LogP contribution < -0.4 is 5.32 Å². The van der Waals surface area contributed by atoms with E-state index in [9.17, 15) is 13.6 Å². The quantitative estimate of drug-likeness (QED) is 0.880. The number of halogens is 2. The first-order valence-corrected chi connectivity index (χ1v) is 5.92. The molecule has 0 saturated heterocycles. The minimum Gasteiger partial charge on any atom is -0.478 e. The van der Waals surface area contributed by atoms with Crippen LogP contribution >= 0.6 is 0 Å². The summed E-state index contributed by atoms with van der Waals surface area (Å²) in [4.78, 5) is 14.8. The molecule has 7 heteroatoms. The molecule has 0 aliphatic carbocycles. The van der Waals surface area contributed by atoms with Gasteiger partial charge in [0.15, 0.2) is 11.6 Å². The summed E-state index contributed by atoms with van der Waals surface area (Å²) in [6.07, 6.45) is 3.97. The van der Waals surface area contributed by atoms with Crippen molar-refractivity contribution in [3.63, 3.8) is 0 Å². The van der Waals surface area contributed by atoms with Gasteiger partial charge in [-0.25, -0.2) is 18.6 Å². The van der Waals surface area contributed by atoms with Crippen LogP contribution in [0.25, 0.3) is 0 Å². The van der Waals surface area contributed by atoms with Gasteiger partial charge in [0.2, 0.25) is 0 Å². The Morgan fingerprint density at radius 1 is 1.40 bits per heavy atom. The molecule has 2 rings (SSSR count). The molecule has 0 unspecified atom stereocenters. The highest BCUT2D eigenvalue weighted by atomic mass is 19.2. The van der Waals surface area contributed by atoms with Crippen LogP contribution in [0.5, 0.6) is 0 Å². The molecule has 0 aliphatic rings. The lowest BCUT2D eigenvalue weighted by Gasteiger charge is -2.09. The Bertz CT molecular complexity index is 641. The molecule has 0 aliphatic heterocycles. The number of carbonyl (C=O) groups is 1. The number of aromatic nitrogens is 2. The number of carboxylic acids is 1. The van der Waals surface area contributed by atoms with E-state index in [0.717, 1.165) is 11.9 Å². The molecule has 0 fully saturated rings. The maximum atomic E-state index is 13.6. The van der Waals surface area contributed by atoms with Crippen LogP contribution in [0.3, 0.4) is 0 Å². The van der Waals surface area contributed by atoms with Crippen molar-refractivity contribution in [3.8, 4) is 0 Å². The first-order valence-electron chi connectivity index (χ1n) is 5.92. The van der Waals surface area contributed by atoms with Gasteiger partial charge >= 0.3 is 5.97 Å². The molecular weight excluding hydrogens is 268 g/mol. The van der Waals surface area contributed by atoms with Crippen LogP contribution in [0.2, 0.25) is 0 Å². The maximum Gasteiger partial charge on any atom is 0.338 e. The summed E-state index contributed by atoms with van der Waals surface area (Å²) in [5, 5.41) is 11.4. The summed E-state index contributed by atoms with van der Waals surface area (Å²) < 4.78 is 28.9. The van der Waals surface area contributed by atoms with Crippen LogP contribution in [0.1, 0.15) is 16.2 Å². The lowest BCUT2D eigenvalue weighted by Crippen LogP contribution is -2.11. The number of aryl methyl sites for hydroxylation is 1. The van der Waals surface area contributed by atoms with Crippen LogP contribution in [0, 0.1) is 11.6 Å². The molecule has 0 amide bonds. The first kappa shape index (κ1) is 14.0. The highest BCUT2D eigenvalue weighted by Gasteiger charge is 2.17. The Balaban J connectivity index is 2.05. The van der Waals surface area contributed by atoms with E-state index in [4.69, 9.17) is 5.11 Å². The van der Waals surface area contributed by atoms with Gasteiger partial charge in [-0.2, -0.15) is 0 Å². The van der Waals surface area contributed by atoms with Crippen molar-refractivity contribution in [2.24, 2.45) is 7.05 Å². The van der Waals surface area contributed by atoms with Crippen molar-refractivity contribution in [1.82, 2.24) is 9.55 Å². The summed E-state index contributed by atoms with van der Waals surface area (Å²) in [6, 6.07) is 2.24. The molecule has 2 aromatic rings. The average molecular weight is 281 g/mol. The summed E-state index contributed by atoms with van der Waals surface area (Å²) in [6.45, 7) is 0.355. The fourth-order valence-electron chi connectivity index (χ4n) is 1.80. The lowest BCUT2D eigenvalue weighted by molar-refractivity contribution is 0.0690. The highest BCUT2D eigenvalue weighted by Crippen LogP contribution is 2.20. The van der Waals surface area contributed by atoms with Crippen molar-refractivity contribution in [2.75, 3.05) is 11.9 Å². The zero-order valence-corrected chi connectivity index (χ0v) is 10.7. The van der Waals surface area contributed by atoms with Crippen LogP contribution in [0.4, 0.5) is 14.5 Å². The Kier molecular flexibility index (Phi) is 3.97. The minimum absolute atomic E-state index is 0.0679. The van der Waals surface area contributed by atoms with Crippen LogP contribution in [-0.4, -0.2) is 27.2 Å². The Hall–Kier alpha value is -2.44. The molecule has 20 heavy (non-hydrogen) atoms. The van der Waals surface area contributed by atoms with E-state index in [2.05, 4.69) is 10.3 Å². The van der Waals surface area contributed by atoms with Gasteiger partial charge in [0.05, 0.1) is 11.3 Å². The van der Waals surface area contributed by atoms with Gasteiger partial charge in [0, 0.05) is 32.4 Å². The van der Waals surface area contributed by atoms with Crippen molar-refractivity contribution in [2.45, 2.75) is 6.42 Å². The van der Waals surface area contributed by atoms with E-state index >= 15 is 0 Å². The minimum atomic E-state index is -1.50. The number of anilines is 1. The van der Waals surface area contributed by atoms with E-state index in [0.29, 0.717) is 13.0 Å².